The van der Waals surface area contributed by atoms with E-state index in [9.17, 15) is 0 Å². The standard InChI is InChI=1S/C38H23NS/c1-2-11-26(12-3-1)39-34-16-8-6-14-28(34)33-23-25(18-21-35(33)39)32-22-24-10-4-5-13-27(24)37-30(32)19-20-31-29-15-7-9-17-36(29)40-38(31)37/h1-23H. The topological polar surface area (TPSA) is 4.93 Å². The SMILES string of the molecule is c1ccc(-n2c3ccccc3c3cc(-c4cc5ccccc5c5c4ccc4c6ccccc6sc45)ccc32)cc1. The molecule has 9 rings (SSSR count). The number of nitrogens with zero attached hydrogens (tertiary/aromatic N) is 1. The zero-order valence-corrected chi connectivity index (χ0v) is 22.5. The highest BCUT2D eigenvalue weighted by Gasteiger charge is 2.17. The van der Waals surface area contributed by atoms with E-state index in [1.54, 1.807) is 0 Å². The molecular formula is C38H23NS. The molecular weight excluding hydrogens is 502 g/mol. The van der Waals surface area contributed by atoms with Crippen LogP contribution in [0.25, 0.3) is 80.3 Å². The lowest BCUT2D eigenvalue weighted by molar-refractivity contribution is 1.18. The van der Waals surface area contributed by atoms with Crippen LogP contribution in [0, 0.1) is 0 Å². The van der Waals surface area contributed by atoms with Gasteiger partial charge < -0.3 is 4.57 Å². The van der Waals surface area contributed by atoms with Crippen LogP contribution in [-0.4, -0.2) is 4.57 Å². The molecule has 0 saturated carbocycles. The summed E-state index contributed by atoms with van der Waals surface area (Å²) in [7, 11) is 0. The second kappa shape index (κ2) is 8.29. The van der Waals surface area contributed by atoms with Crippen molar-refractivity contribution in [3.63, 3.8) is 0 Å². The van der Waals surface area contributed by atoms with E-state index in [4.69, 9.17) is 0 Å². The summed E-state index contributed by atoms with van der Waals surface area (Å²) in [5, 5.41) is 10.5. The summed E-state index contributed by atoms with van der Waals surface area (Å²) in [5.41, 5.74) is 6.18. The Kier molecular flexibility index (Phi) is 4.55. The predicted octanol–water partition coefficient (Wildman–Crippen LogP) is 11.1. The molecule has 0 unspecified atom stereocenters. The van der Waals surface area contributed by atoms with Gasteiger partial charge in [-0.1, -0.05) is 97.1 Å². The van der Waals surface area contributed by atoms with Crippen molar-refractivity contribution in [2.24, 2.45) is 0 Å². The van der Waals surface area contributed by atoms with Crippen LogP contribution in [-0.2, 0) is 0 Å². The molecule has 0 N–H and O–H groups in total. The monoisotopic (exact) mass is 525 g/mol. The second-order valence-electron chi connectivity index (χ2n) is 10.5. The molecule has 0 aliphatic rings. The summed E-state index contributed by atoms with van der Waals surface area (Å²) in [6, 6.07) is 51.1. The molecule has 0 saturated heterocycles. The van der Waals surface area contributed by atoms with Crippen LogP contribution < -0.4 is 0 Å². The normalized spacial score (nSPS) is 12.0. The van der Waals surface area contributed by atoms with Crippen LogP contribution in [0.15, 0.2) is 140 Å². The van der Waals surface area contributed by atoms with Gasteiger partial charge in [0.25, 0.3) is 0 Å². The first-order valence-corrected chi connectivity index (χ1v) is 14.5. The van der Waals surface area contributed by atoms with Crippen molar-refractivity contribution < 1.29 is 0 Å². The Morgan fingerprint density at radius 1 is 0.450 bits per heavy atom. The third kappa shape index (κ3) is 3.03. The number of hydrogen-bond donors (Lipinski definition) is 0. The summed E-state index contributed by atoms with van der Waals surface area (Å²) in [6.07, 6.45) is 0. The fourth-order valence-corrected chi connectivity index (χ4v) is 7.86. The Bertz CT molecular complexity index is 2420. The van der Waals surface area contributed by atoms with Crippen LogP contribution in [0.3, 0.4) is 0 Å². The molecule has 2 aromatic heterocycles. The van der Waals surface area contributed by atoms with E-state index in [0.29, 0.717) is 0 Å². The van der Waals surface area contributed by atoms with Gasteiger partial charge in [0.1, 0.15) is 0 Å². The fourth-order valence-electron chi connectivity index (χ4n) is 6.60. The van der Waals surface area contributed by atoms with Crippen molar-refractivity contribution in [1.29, 1.82) is 0 Å². The number of benzene rings is 7. The maximum Gasteiger partial charge on any atom is 0.0541 e. The van der Waals surface area contributed by atoms with E-state index in [1.165, 1.54) is 80.3 Å². The van der Waals surface area contributed by atoms with Gasteiger partial charge in [0.05, 0.1) is 11.0 Å². The molecule has 2 heteroatoms. The maximum atomic E-state index is 2.40. The fraction of sp³-hybridized carbons (Fsp3) is 0. The average Bonchev–Trinajstić information content (AvgIpc) is 3.56. The molecule has 0 atom stereocenters. The molecule has 0 spiro atoms. The third-order valence-electron chi connectivity index (χ3n) is 8.37. The highest BCUT2D eigenvalue weighted by atomic mass is 32.1. The minimum absolute atomic E-state index is 1.18. The summed E-state index contributed by atoms with van der Waals surface area (Å²) in [6.45, 7) is 0. The molecule has 0 fully saturated rings. The third-order valence-corrected chi connectivity index (χ3v) is 9.57. The van der Waals surface area contributed by atoms with Crippen molar-refractivity contribution >= 4 is 74.9 Å². The molecule has 186 valence electrons. The Labute approximate surface area is 235 Å². The smallest absolute Gasteiger partial charge is 0.0541 e. The summed E-state index contributed by atoms with van der Waals surface area (Å²) < 4.78 is 5.10. The molecule has 9 aromatic rings. The lowest BCUT2D eigenvalue weighted by Gasteiger charge is -2.13. The minimum Gasteiger partial charge on any atom is -0.309 e. The second-order valence-corrected chi connectivity index (χ2v) is 11.6. The van der Waals surface area contributed by atoms with Crippen molar-refractivity contribution in [2.45, 2.75) is 0 Å². The molecule has 0 radical (unpaired) electrons. The summed E-state index contributed by atoms with van der Waals surface area (Å²) in [4.78, 5) is 0. The number of para-hydroxylation sites is 2. The quantitative estimate of drug-likeness (QED) is 0.198. The first kappa shape index (κ1) is 22.0. The molecule has 2 heterocycles. The number of aromatic nitrogens is 1. The number of rotatable bonds is 2. The highest BCUT2D eigenvalue weighted by molar-refractivity contribution is 7.26. The van der Waals surface area contributed by atoms with Gasteiger partial charge in [-0.15, -0.1) is 11.3 Å². The van der Waals surface area contributed by atoms with Crippen molar-refractivity contribution in [3.05, 3.63) is 140 Å². The van der Waals surface area contributed by atoms with Crippen LogP contribution >= 0.6 is 11.3 Å². The van der Waals surface area contributed by atoms with E-state index in [2.05, 4.69) is 144 Å². The number of thiophene rings is 1. The number of fused-ring (bicyclic) bond motifs is 10. The lowest BCUT2D eigenvalue weighted by Crippen LogP contribution is -1.92. The first-order chi connectivity index (χ1) is 19.8. The van der Waals surface area contributed by atoms with Crippen LogP contribution in [0.1, 0.15) is 0 Å². The van der Waals surface area contributed by atoms with Gasteiger partial charge in [0.2, 0.25) is 0 Å². The van der Waals surface area contributed by atoms with Gasteiger partial charge in [-0.05, 0) is 69.8 Å². The highest BCUT2D eigenvalue weighted by Crippen LogP contribution is 2.45. The molecule has 40 heavy (non-hydrogen) atoms. The van der Waals surface area contributed by atoms with Gasteiger partial charge in [0, 0.05) is 42.0 Å². The zero-order valence-electron chi connectivity index (χ0n) is 21.6. The molecule has 7 aromatic carbocycles. The average molecular weight is 526 g/mol. The molecule has 0 aliphatic heterocycles. The lowest BCUT2D eigenvalue weighted by atomic mass is 9.91. The maximum absolute atomic E-state index is 2.40. The number of hydrogen-bond acceptors (Lipinski definition) is 1. The van der Waals surface area contributed by atoms with E-state index >= 15 is 0 Å². The van der Waals surface area contributed by atoms with Gasteiger partial charge in [-0.25, -0.2) is 0 Å². The Hall–Kier alpha value is -4.92. The van der Waals surface area contributed by atoms with E-state index < -0.39 is 0 Å². The van der Waals surface area contributed by atoms with Crippen molar-refractivity contribution in [1.82, 2.24) is 4.57 Å². The Balaban J connectivity index is 1.39. The molecule has 0 aliphatic carbocycles. The Morgan fingerprint density at radius 2 is 1.15 bits per heavy atom. The van der Waals surface area contributed by atoms with Gasteiger partial charge in [0.15, 0.2) is 0 Å². The summed E-state index contributed by atoms with van der Waals surface area (Å²) >= 11 is 1.91. The Morgan fingerprint density at radius 3 is 2.05 bits per heavy atom. The molecule has 0 bridgehead atoms. The summed E-state index contributed by atoms with van der Waals surface area (Å²) in [5.74, 6) is 0. The largest absolute Gasteiger partial charge is 0.309 e. The predicted molar refractivity (Wildman–Crippen MR) is 174 cm³/mol. The minimum atomic E-state index is 1.18. The van der Waals surface area contributed by atoms with Crippen LogP contribution in [0.2, 0.25) is 0 Å². The van der Waals surface area contributed by atoms with Crippen molar-refractivity contribution in [3.8, 4) is 16.8 Å². The van der Waals surface area contributed by atoms with E-state index in [1.807, 2.05) is 11.3 Å². The van der Waals surface area contributed by atoms with Crippen LogP contribution in [0.4, 0.5) is 0 Å². The van der Waals surface area contributed by atoms with Gasteiger partial charge in [-0.3, -0.25) is 0 Å². The van der Waals surface area contributed by atoms with E-state index in [0.717, 1.165) is 0 Å². The van der Waals surface area contributed by atoms with Crippen molar-refractivity contribution in [2.75, 3.05) is 0 Å². The molecule has 0 amide bonds. The first-order valence-electron chi connectivity index (χ1n) is 13.7. The van der Waals surface area contributed by atoms with Gasteiger partial charge in [-0.2, -0.15) is 0 Å². The van der Waals surface area contributed by atoms with Gasteiger partial charge >= 0.3 is 0 Å². The van der Waals surface area contributed by atoms with E-state index in [-0.39, 0.29) is 0 Å². The van der Waals surface area contributed by atoms with Crippen LogP contribution in [0.5, 0.6) is 0 Å². The zero-order chi connectivity index (χ0) is 26.2. The molecule has 1 nitrogen and oxygen atoms in total.